The van der Waals surface area contributed by atoms with Crippen molar-refractivity contribution in [3.8, 4) is 0 Å². The van der Waals surface area contributed by atoms with Gasteiger partial charge in [-0.3, -0.25) is 4.79 Å². The summed E-state index contributed by atoms with van der Waals surface area (Å²) in [5, 5.41) is 0. The molecule has 2 N–H and O–H groups in total. The lowest BCUT2D eigenvalue weighted by Gasteiger charge is -2.10. The largest absolute Gasteiger partial charge is 0.416 e. The molecule has 2 nitrogen and oxygen atoms in total. The molecule has 0 aliphatic heterocycles. The van der Waals surface area contributed by atoms with E-state index in [1.54, 1.807) is 25.1 Å². The highest BCUT2D eigenvalue weighted by atomic mass is 19.4. The number of carbonyl (C=O) groups excluding carboxylic acids is 1. The Balaban J connectivity index is 2.47. The molecule has 2 aromatic carbocycles. The third-order valence-electron chi connectivity index (χ3n) is 3.07. The van der Waals surface area contributed by atoms with Crippen LogP contribution in [0, 0.1) is 6.92 Å². The minimum atomic E-state index is -4.47. The van der Waals surface area contributed by atoms with Gasteiger partial charge in [-0.1, -0.05) is 24.3 Å². The molecule has 0 saturated heterocycles. The molecule has 0 amide bonds. The summed E-state index contributed by atoms with van der Waals surface area (Å²) in [5.41, 5.74) is 6.16. The topological polar surface area (TPSA) is 43.1 Å². The van der Waals surface area contributed by atoms with Crippen LogP contribution < -0.4 is 5.73 Å². The normalized spacial score (nSPS) is 11.4. The average molecular weight is 279 g/mol. The molecular formula is C15H12F3NO. The van der Waals surface area contributed by atoms with E-state index in [9.17, 15) is 18.0 Å². The van der Waals surface area contributed by atoms with Gasteiger partial charge in [0, 0.05) is 16.8 Å². The number of benzene rings is 2. The summed E-state index contributed by atoms with van der Waals surface area (Å²) in [6, 6.07) is 9.15. The minimum absolute atomic E-state index is 0.00600. The molecule has 20 heavy (non-hydrogen) atoms. The van der Waals surface area contributed by atoms with E-state index >= 15 is 0 Å². The minimum Gasteiger partial charge on any atom is -0.398 e. The summed E-state index contributed by atoms with van der Waals surface area (Å²) in [7, 11) is 0. The number of hydrogen-bond acceptors (Lipinski definition) is 2. The van der Waals surface area contributed by atoms with E-state index < -0.39 is 17.5 Å². The molecule has 5 heteroatoms. The zero-order chi connectivity index (χ0) is 14.9. The fourth-order valence-corrected chi connectivity index (χ4v) is 1.89. The second-order valence-corrected chi connectivity index (χ2v) is 4.43. The number of nitrogen functional groups attached to an aromatic ring is 1. The lowest BCUT2D eigenvalue weighted by molar-refractivity contribution is -0.137. The van der Waals surface area contributed by atoms with Crippen LogP contribution in [0.5, 0.6) is 0 Å². The van der Waals surface area contributed by atoms with Crippen LogP contribution in [0.2, 0.25) is 0 Å². The van der Waals surface area contributed by atoms with Gasteiger partial charge >= 0.3 is 6.18 Å². The standard InChI is InChI=1S/C15H12F3NO/c1-9-12(6-3-7-13(9)19)14(20)10-4-2-5-11(8-10)15(16,17)18/h2-8H,19H2,1H3. The first kappa shape index (κ1) is 14.1. The summed E-state index contributed by atoms with van der Waals surface area (Å²) in [5.74, 6) is -0.471. The molecule has 0 fully saturated rings. The van der Waals surface area contributed by atoms with Crippen molar-refractivity contribution in [2.45, 2.75) is 13.1 Å². The van der Waals surface area contributed by atoms with E-state index in [-0.39, 0.29) is 5.56 Å². The third kappa shape index (κ3) is 2.66. The number of ketones is 1. The monoisotopic (exact) mass is 279 g/mol. The molecule has 104 valence electrons. The predicted octanol–water partition coefficient (Wildman–Crippen LogP) is 3.83. The maximum absolute atomic E-state index is 12.6. The lowest BCUT2D eigenvalue weighted by Crippen LogP contribution is -2.09. The van der Waals surface area contributed by atoms with Crippen molar-refractivity contribution < 1.29 is 18.0 Å². The second-order valence-electron chi connectivity index (χ2n) is 4.43. The summed E-state index contributed by atoms with van der Waals surface area (Å²) in [6.45, 7) is 1.66. The number of halogens is 3. The summed E-state index contributed by atoms with van der Waals surface area (Å²) in [6.07, 6.45) is -4.47. The lowest BCUT2D eigenvalue weighted by atomic mass is 9.97. The van der Waals surface area contributed by atoms with Crippen LogP contribution in [0.25, 0.3) is 0 Å². The second kappa shape index (κ2) is 5.00. The maximum atomic E-state index is 12.6. The molecule has 0 atom stereocenters. The van der Waals surface area contributed by atoms with Crippen molar-refractivity contribution in [2.24, 2.45) is 0 Å². The van der Waals surface area contributed by atoms with Gasteiger partial charge in [0.25, 0.3) is 0 Å². The zero-order valence-electron chi connectivity index (χ0n) is 10.7. The molecule has 0 aliphatic carbocycles. The van der Waals surface area contributed by atoms with Gasteiger partial charge in [0.05, 0.1) is 5.56 Å². The van der Waals surface area contributed by atoms with Gasteiger partial charge in [0.2, 0.25) is 0 Å². The van der Waals surface area contributed by atoms with Crippen molar-refractivity contribution >= 4 is 11.5 Å². The van der Waals surface area contributed by atoms with Crippen LogP contribution in [0.1, 0.15) is 27.0 Å². The molecule has 0 radical (unpaired) electrons. The molecule has 0 saturated carbocycles. The summed E-state index contributed by atoms with van der Waals surface area (Å²) in [4.78, 5) is 12.3. The third-order valence-corrected chi connectivity index (χ3v) is 3.07. The van der Waals surface area contributed by atoms with Gasteiger partial charge in [-0.05, 0) is 30.7 Å². The highest BCUT2D eigenvalue weighted by Crippen LogP contribution is 2.30. The van der Waals surface area contributed by atoms with Crippen LogP contribution in [-0.2, 0) is 6.18 Å². The Morgan fingerprint density at radius 2 is 1.75 bits per heavy atom. The zero-order valence-corrected chi connectivity index (χ0v) is 10.7. The van der Waals surface area contributed by atoms with Crippen LogP contribution in [0.3, 0.4) is 0 Å². The molecule has 0 heterocycles. The molecule has 0 aromatic heterocycles. The first-order chi connectivity index (χ1) is 9.30. The van der Waals surface area contributed by atoms with E-state index in [0.717, 1.165) is 12.1 Å². The number of rotatable bonds is 2. The van der Waals surface area contributed by atoms with E-state index in [2.05, 4.69) is 0 Å². The van der Waals surface area contributed by atoms with Crippen molar-refractivity contribution in [1.29, 1.82) is 0 Å². The van der Waals surface area contributed by atoms with Gasteiger partial charge in [-0.2, -0.15) is 13.2 Å². The molecule has 2 aromatic rings. The molecular weight excluding hydrogens is 267 g/mol. The quantitative estimate of drug-likeness (QED) is 0.670. The van der Waals surface area contributed by atoms with Gasteiger partial charge in [0.15, 0.2) is 5.78 Å². The van der Waals surface area contributed by atoms with Crippen molar-refractivity contribution in [2.75, 3.05) is 5.73 Å². The number of alkyl halides is 3. The van der Waals surface area contributed by atoms with E-state index in [1.165, 1.54) is 12.1 Å². The Morgan fingerprint density at radius 3 is 2.40 bits per heavy atom. The van der Waals surface area contributed by atoms with Crippen molar-refractivity contribution in [3.63, 3.8) is 0 Å². The maximum Gasteiger partial charge on any atom is 0.416 e. The first-order valence-electron chi connectivity index (χ1n) is 5.88. The fourth-order valence-electron chi connectivity index (χ4n) is 1.89. The van der Waals surface area contributed by atoms with Gasteiger partial charge in [0.1, 0.15) is 0 Å². The number of hydrogen-bond donors (Lipinski definition) is 1. The molecule has 0 unspecified atom stereocenters. The summed E-state index contributed by atoms with van der Waals surface area (Å²) >= 11 is 0. The van der Waals surface area contributed by atoms with Crippen LogP contribution >= 0.6 is 0 Å². The Labute approximate surface area is 114 Å². The highest BCUT2D eigenvalue weighted by Gasteiger charge is 2.31. The number of nitrogens with two attached hydrogens (primary N) is 1. The number of carbonyl (C=O) groups is 1. The summed E-state index contributed by atoms with van der Waals surface area (Å²) < 4.78 is 37.9. The van der Waals surface area contributed by atoms with Crippen LogP contribution in [-0.4, -0.2) is 5.78 Å². The Morgan fingerprint density at radius 1 is 1.10 bits per heavy atom. The predicted molar refractivity (Wildman–Crippen MR) is 70.5 cm³/mol. The van der Waals surface area contributed by atoms with Crippen molar-refractivity contribution in [1.82, 2.24) is 0 Å². The van der Waals surface area contributed by atoms with E-state index in [0.29, 0.717) is 16.8 Å². The van der Waals surface area contributed by atoms with Crippen LogP contribution in [0.15, 0.2) is 42.5 Å². The molecule has 0 bridgehead atoms. The first-order valence-corrected chi connectivity index (χ1v) is 5.88. The molecule has 0 spiro atoms. The Bertz CT molecular complexity index is 662. The Kier molecular flexibility index (Phi) is 3.53. The van der Waals surface area contributed by atoms with Gasteiger partial charge in [-0.25, -0.2) is 0 Å². The van der Waals surface area contributed by atoms with E-state index in [1.807, 2.05) is 0 Å². The Hall–Kier alpha value is -2.30. The smallest absolute Gasteiger partial charge is 0.398 e. The van der Waals surface area contributed by atoms with Crippen LogP contribution in [0.4, 0.5) is 18.9 Å². The van der Waals surface area contributed by atoms with Gasteiger partial charge in [-0.15, -0.1) is 0 Å². The molecule has 2 rings (SSSR count). The fraction of sp³-hybridized carbons (Fsp3) is 0.133. The SMILES string of the molecule is Cc1c(N)cccc1C(=O)c1cccc(C(F)(F)F)c1. The highest BCUT2D eigenvalue weighted by molar-refractivity contribution is 6.10. The average Bonchev–Trinajstić information content (AvgIpc) is 2.40. The van der Waals surface area contributed by atoms with Gasteiger partial charge < -0.3 is 5.73 Å². The number of anilines is 1. The van der Waals surface area contributed by atoms with Crippen molar-refractivity contribution in [3.05, 3.63) is 64.7 Å². The molecule has 0 aliphatic rings. The van der Waals surface area contributed by atoms with E-state index in [4.69, 9.17) is 5.73 Å².